The van der Waals surface area contributed by atoms with E-state index in [2.05, 4.69) is 99.3 Å². The highest BCUT2D eigenvalue weighted by Crippen LogP contribution is 2.56. The van der Waals surface area contributed by atoms with Crippen LogP contribution < -0.4 is 10.4 Å². The van der Waals surface area contributed by atoms with Crippen LogP contribution in [0.1, 0.15) is 61.7 Å². The molecular formula is C37H28BNO2S. The van der Waals surface area contributed by atoms with Crippen LogP contribution in [-0.2, 0) is 5.41 Å². The fourth-order valence-corrected chi connectivity index (χ4v) is 7.74. The van der Waals surface area contributed by atoms with Gasteiger partial charge in [-0.15, -0.1) is 11.3 Å². The van der Waals surface area contributed by atoms with E-state index >= 15 is 0 Å². The molecule has 1 aliphatic carbocycles. The summed E-state index contributed by atoms with van der Waals surface area (Å²) in [6.07, 6.45) is 1.76. The summed E-state index contributed by atoms with van der Waals surface area (Å²) in [7, 11) is 5.92. The fourth-order valence-electron chi connectivity index (χ4n) is 6.44. The number of benzene rings is 4. The molecule has 0 N–H and O–H groups in total. The van der Waals surface area contributed by atoms with E-state index in [1.807, 2.05) is 6.07 Å². The van der Waals surface area contributed by atoms with Crippen LogP contribution in [0.5, 0.6) is 0 Å². The number of carbonyl (C=O) groups excluding carboxylic acids is 2. The van der Waals surface area contributed by atoms with Crippen molar-refractivity contribution in [2.45, 2.75) is 33.1 Å². The van der Waals surface area contributed by atoms with Crippen molar-refractivity contribution < 1.29 is 9.59 Å². The first-order valence-electron chi connectivity index (χ1n) is 14.1. The molecule has 0 saturated carbocycles. The number of hydrogen-bond acceptors (Lipinski definition) is 4. The molecule has 0 unspecified atom stereocenters. The lowest BCUT2D eigenvalue weighted by Gasteiger charge is -2.40. The van der Waals surface area contributed by atoms with E-state index in [0.29, 0.717) is 16.6 Å². The minimum atomic E-state index is -0.323. The SMILES string of the molecule is [B]c1ccc2c(c1)C(=O)/C(=C/c1cc3c(s1)N(c1ccccc1)c1ccc(-c4c(C)cccc4C)cc1C3(C)C)C2=O. The van der Waals surface area contributed by atoms with Crippen LogP contribution in [0.3, 0.4) is 0 Å². The number of ketones is 2. The Bertz CT molecular complexity index is 1960. The molecular weight excluding hydrogens is 533 g/mol. The molecule has 5 aromatic rings. The van der Waals surface area contributed by atoms with Gasteiger partial charge in [-0.25, -0.2) is 0 Å². The quantitative estimate of drug-likeness (QED) is 0.126. The lowest BCUT2D eigenvalue weighted by atomic mass is 9.74. The van der Waals surface area contributed by atoms with Gasteiger partial charge in [0.25, 0.3) is 0 Å². The monoisotopic (exact) mass is 561 g/mol. The molecule has 0 bridgehead atoms. The van der Waals surface area contributed by atoms with E-state index in [1.54, 1.807) is 35.6 Å². The van der Waals surface area contributed by atoms with Gasteiger partial charge >= 0.3 is 0 Å². The van der Waals surface area contributed by atoms with E-state index in [0.717, 1.165) is 26.8 Å². The highest BCUT2D eigenvalue weighted by molar-refractivity contribution is 7.17. The summed E-state index contributed by atoms with van der Waals surface area (Å²) < 4.78 is 0. The van der Waals surface area contributed by atoms with Crippen LogP contribution in [0.4, 0.5) is 16.4 Å². The molecule has 2 aliphatic rings. The molecule has 1 aromatic heterocycles. The molecule has 42 heavy (non-hydrogen) atoms. The molecule has 5 heteroatoms. The topological polar surface area (TPSA) is 37.4 Å². The Balaban J connectivity index is 1.41. The van der Waals surface area contributed by atoms with E-state index in [4.69, 9.17) is 7.85 Å². The number of aryl methyl sites for hydroxylation is 2. The summed E-state index contributed by atoms with van der Waals surface area (Å²) in [4.78, 5) is 29.7. The third kappa shape index (κ3) is 3.95. The van der Waals surface area contributed by atoms with Crippen LogP contribution >= 0.6 is 11.3 Å². The predicted octanol–water partition coefficient (Wildman–Crippen LogP) is 8.40. The highest BCUT2D eigenvalue weighted by atomic mass is 32.1. The lowest BCUT2D eigenvalue weighted by Crippen LogP contribution is -2.29. The first-order chi connectivity index (χ1) is 20.1. The highest BCUT2D eigenvalue weighted by Gasteiger charge is 2.40. The van der Waals surface area contributed by atoms with Crippen LogP contribution in [0, 0.1) is 13.8 Å². The number of thiophene rings is 1. The van der Waals surface area contributed by atoms with E-state index in [-0.39, 0.29) is 22.6 Å². The van der Waals surface area contributed by atoms with Crippen molar-refractivity contribution in [1.82, 2.24) is 0 Å². The standard InChI is InChI=1S/C37H28BNO2S/c1-21-9-8-10-22(2)33(21)23-13-16-32-30(17-23)37(3,4)31-20-26(42-36(31)39(32)25-11-6-5-7-12-25)19-29-34(40)27-15-14-24(38)18-28(27)35(29)41/h5-20H,1-4H3/b29-19+. The molecule has 3 nitrogen and oxygen atoms in total. The van der Waals surface area contributed by atoms with Crippen molar-refractivity contribution in [1.29, 1.82) is 0 Å². The maximum absolute atomic E-state index is 13.3. The zero-order chi connectivity index (χ0) is 29.3. The number of para-hydroxylation sites is 1. The molecule has 0 fully saturated rings. The summed E-state index contributed by atoms with van der Waals surface area (Å²) in [5.74, 6) is -0.517. The number of carbonyl (C=O) groups is 2. The lowest BCUT2D eigenvalue weighted by molar-refractivity contribution is 0.0990. The van der Waals surface area contributed by atoms with Gasteiger partial charge in [0.1, 0.15) is 12.8 Å². The Hall–Kier alpha value is -4.48. The minimum absolute atomic E-state index is 0.188. The van der Waals surface area contributed by atoms with Gasteiger partial charge in [-0.2, -0.15) is 0 Å². The molecule has 7 rings (SSSR count). The Morgan fingerprint density at radius 3 is 2.21 bits per heavy atom. The molecule has 0 amide bonds. The number of fused-ring (bicyclic) bond motifs is 3. The number of hydrogen-bond donors (Lipinski definition) is 0. The van der Waals surface area contributed by atoms with Crippen LogP contribution in [-0.4, -0.2) is 19.4 Å². The smallest absolute Gasteiger partial charge is 0.197 e. The maximum atomic E-state index is 13.3. The number of Topliss-reactive ketones (excluding diaryl/α,β-unsaturated/α-hetero) is 2. The third-order valence-corrected chi connectivity index (χ3v) is 9.68. The number of allylic oxidation sites excluding steroid dienone is 1. The summed E-state index contributed by atoms with van der Waals surface area (Å²) >= 11 is 1.60. The first-order valence-corrected chi connectivity index (χ1v) is 14.9. The third-order valence-electron chi connectivity index (χ3n) is 8.61. The molecule has 2 heterocycles. The Labute approximate surface area is 251 Å². The van der Waals surface area contributed by atoms with Crippen LogP contribution in [0.25, 0.3) is 17.2 Å². The molecule has 1 aliphatic heterocycles. The average Bonchev–Trinajstić information content (AvgIpc) is 3.49. The second-order valence-electron chi connectivity index (χ2n) is 11.7. The largest absolute Gasteiger partial charge is 0.301 e. The average molecular weight is 562 g/mol. The van der Waals surface area contributed by atoms with Crippen molar-refractivity contribution in [3.63, 3.8) is 0 Å². The van der Waals surface area contributed by atoms with Crippen molar-refractivity contribution in [3.8, 4) is 11.1 Å². The molecule has 0 saturated heterocycles. The molecule has 2 radical (unpaired) electrons. The number of rotatable bonds is 3. The second kappa shape index (κ2) is 9.54. The minimum Gasteiger partial charge on any atom is -0.301 e. The molecule has 4 aromatic carbocycles. The summed E-state index contributed by atoms with van der Waals surface area (Å²) in [6, 6.07) is 30.7. The van der Waals surface area contributed by atoms with Crippen molar-refractivity contribution in [2.24, 2.45) is 0 Å². The Kier molecular flexibility index (Phi) is 6.00. The van der Waals surface area contributed by atoms with E-state index in [9.17, 15) is 9.59 Å². The van der Waals surface area contributed by atoms with E-state index in [1.165, 1.54) is 27.8 Å². The predicted molar refractivity (Wildman–Crippen MR) is 175 cm³/mol. The Morgan fingerprint density at radius 1 is 0.762 bits per heavy atom. The van der Waals surface area contributed by atoms with Crippen molar-refractivity contribution >= 4 is 58.7 Å². The molecule has 0 spiro atoms. The van der Waals surface area contributed by atoms with Crippen LogP contribution in [0.2, 0.25) is 0 Å². The van der Waals surface area contributed by atoms with Crippen molar-refractivity contribution in [2.75, 3.05) is 4.90 Å². The maximum Gasteiger partial charge on any atom is 0.197 e. The van der Waals surface area contributed by atoms with Gasteiger partial charge in [0.2, 0.25) is 0 Å². The fraction of sp³-hybridized carbons (Fsp3) is 0.135. The molecule has 0 atom stereocenters. The second-order valence-corrected chi connectivity index (χ2v) is 12.7. The van der Waals surface area contributed by atoms with Gasteiger partial charge in [-0.1, -0.05) is 80.0 Å². The molecule has 202 valence electrons. The zero-order valence-electron chi connectivity index (χ0n) is 24.0. The van der Waals surface area contributed by atoms with Gasteiger partial charge in [0.15, 0.2) is 11.6 Å². The normalized spacial score (nSPS) is 16.0. The first kappa shape index (κ1) is 26.4. The number of anilines is 3. The Morgan fingerprint density at radius 2 is 1.48 bits per heavy atom. The van der Waals surface area contributed by atoms with Crippen LogP contribution in [0.15, 0.2) is 96.6 Å². The zero-order valence-corrected chi connectivity index (χ0v) is 24.8. The van der Waals surface area contributed by atoms with Gasteiger partial charge in [0, 0.05) is 27.1 Å². The van der Waals surface area contributed by atoms with Gasteiger partial charge in [0.05, 0.1) is 11.3 Å². The summed E-state index contributed by atoms with van der Waals surface area (Å²) in [5.41, 5.74) is 10.7. The van der Waals surface area contributed by atoms with Gasteiger partial charge < -0.3 is 4.90 Å². The van der Waals surface area contributed by atoms with Gasteiger partial charge in [-0.3, -0.25) is 9.59 Å². The van der Waals surface area contributed by atoms with E-state index < -0.39 is 0 Å². The van der Waals surface area contributed by atoms with Crippen molar-refractivity contribution in [3.05, 3.63) is 135 Å². The van der Waals surface area contributed by atoms with Gasteiger partial charge in [-0.05, 0) is 83.6 Å². The number of nitrogens with zero attached hydrogens (tertiary/aromatic N) is 1. The summed E-state index contributed by atoms with van der Waals surface area (Å²) in [6.45, 7) is 8.85. The summed E-state index contributed by atoms with van der Waals surface area (Å²) in [5, 5.41) is 1.09.